The summed E-state index contributed by atoms with van der Waals surface area (Å²) in [6.45, 7) is 3.24. The molecule has 2 aromatic carbocycles. The van der Waals surface area contributed by atoms with Gasteiger partial charge >= 0.3 is 6.03 Å². The molecule has 2 fully saturated rings. The maximum atomic E-state index is 12.6. The highest BCUT2D eigenvalue weighted by Crippen LogP contribution is 2.30. The van der Waals surface area contributed by atoms with Gasteiger partial charge in [-0.1, -0.05) is 66.9 Å². The van der Waals surface area contributed by atoms with E-state index in [1.807, 2.05) is 23.1 Å². The molecule has 1 heterocycles. The van der Waals surface area contributed by atoms with Crippen molar-refractivity contribution in [1.82, 2.24) is 15.1 Å². The zero-order valence-electron chi connectivity index (χ0n) is 16.2. The van der Waals surface area contributed by atoms with Crippen molar-refractivity contribution in [3.63, 3.8) is 0 Å². The molecule has 0 bridgehead atoms. The number of hydrogen-bond donors (Lipinski definition) is 1. The van der Waals surface area contributed by atoms with Crippen molar-refractivity contribution in [2.75, 3.05) is 26.2 Å². The monoisotopic (exact) mass is 397 g/mol. The van der Waals surface area contributed by atoms with Gasteiger partial charge in [-0.2, -0.15) is 0 Å². The van der Waals surface area contributed by atoms with Gasteiger partial charge in [0.1, 0.15) is 0 Å². The summed E-state index contributed by atoms with van der Waals surface area (Å²) in [5.74, 6) is 0. The fourth-order valence-electron chi connectivity index (χ4n) is 4.41. The van der Waals surface area contributed by atoms with Gasteiger partial charge in [0.2, 0.25) is 0 Å². The first-order chi connectivity index (χ1) is 13.7. The van der Waals surface area contributed by atoms with Crippen LogP contribution in [-0.4, -0.2) is 48.1 Å². The minimum Gasteiger partial charge on any atom is -0.335 e. The molecule has 4 nitrogen and oxygen atoms in total. The molecule has 148 valence electrons. The van der Waals surface area contributed by atoms with Crippen molar-refractivity contribution in [3.8, 4) is 0 Å². The Morgan fingerprint density at radius 1 is 0.893 bits per heavy atom. The molecule has 2 amide bonds. The number of halogens is 1. The molecule has 1 saturated carbocycles. The van der Waals surface area contributed by atoms with Gasteiger partial charge < -0.3 is 10.2 Å². The van der Waals surface area contributed by atoms with E-state index in [1.54, 1.807) is 0 Å². The van der Waals surface area contributed by atoms with E-state index in [4.69, 9.17) is 11.6 Å². The fraction of sp³-hybridized carbons (Fsp3) is 0.435. The van der Waals surface area contributed by atoms with Crippen molar-refractivity contribution in [1.29, 1.82) is 0 Å². The minimum absolute atomic E-state index is 0.106. The van der Waals surface area contributed by atoms with Crippen LogP contribution in [0.15, 0.2) is 54.6 Å². The van der Waals surface area contributed by atoms with Crippen molar-refractivity contribution >= 4 is 17.6 Å². The molecule has 1 aliphatic heterocycles. The summed E-state index contributed by atoms with van der Waals surface area (Å²) in [6.07, 6.45) is 4.72. The first-order valence-electron chi connectivity index (χ1n) is 10.3. The Morgan fingerprint density at radius 2 is 1.50 bits per heavy atom. The predicted molar refractivity (Wildman–Crippen MR) is 114 cm³/mol. The van der Waals surface area contributed by atoms with E-state index in [-0.39, 0.29) is 12.1 Å². The first kappa shape index (κ1) is 19.3. The Labute approximate surface area is 172 Å². The SMILES string of the molecule is O=C(NC1CCCC1)N1CCN(C(c2ccccc2)c2ccc(Cl)cc2)CC1. The smallest absolute Gasteiger partial charge is 0.317 e. The van der Waals surface area contributed by atoms with Crippen LogP contribution in [0.2, 0.25) is 5.02 Å². The number of hydrogen-bond acceptors (Lipinski definition) is 2. The van der Waals surface area contributed by atoms with Gasteiger partial charge in [-0.25, -0.2) is 4.79 Å². The van der Waals surface area contributed by atoms with Gasteiger partial charge in [0.15, 0.2) is 0 Å². The predicted octanol–water partition coefficient (Wildman–Crippen LogP) is 4.70. The summed E-state index contributed by atoms with van der Waals surface area (Å²) >= 11 is 6.11. The number of amides is 2. The Bertz CT molecular complexity index is 766. The molecule has 0 aromatic heterocycles. The van der Waals surface area contributed by atoms with Crippen LogP contribution in [0.1, 0.15) is 42.9 Å². The lowest BCUT2D eigenvalue weighted by Gasteiger charge is -2.40. The second kappa shape index (κ2) is 8.97. The van der Waals surface area contributed by atoms with Crippen LogP contribution >= 0.6 is 11.6 Å². The topological polar surface area (TPSA) is 35.6 Å². The van der Waals surface area contributed by atoms with Gasteiger partial charge in [0.05, 0.1) is 6.04 Å². The average molecular weight is 398 g/mol. The van der Waals surface area contributed by atoms with E-state index in [2.05, 4.69) is 46.6 Å². The number of piperazine rings is 1. The quantitative estimate of drug-likeness (QED) is 0.811. The number of urea groups is 1. The molecule has 4 rings (SSSR count). The van der Waals surface area contributed by atoms with Crippen LogP contribution in [0.3, 0.4) is 0 Å². The standard InChI is InChI=1S/C23H28ClN3O/c24-20-12-10-19(11-13-20)22(18-6-2-1-3-7-18)26-14-16-27(17-15-26)23(28)25-21-8-4-5-9-21/h1-3,6-7,10-13,21-22H,4-5,8-9,14-17H2,(H,25,28). The molecule has 1 aliphatic carbocycles. The summed E-state index contributed by atoms with van der Waals surface area (Å²) in [5, 5.41) is 3.97. The van der Waals surface area contributed by atoms with Gasteiger partial charge in [0, 0.05) is 37.2 Å². The van der Waals surface area contributed by atoms with Crippen LogP contribution in [0, 0.1) is 0 Å². The molecule has 0 spiro atoms. The van der Waals surface area contributed by atoms with Crippen LogP contribution in [0.4, 0.5) is 4.79 Å². The number of nitrogens with one attached hydrogen (secondary N) is 1. The second-order valence-corrected chi connectivity index (χ2v) is 8.26. The first-order valence-corrected chi connectivity index (χ1v) is 10.7. The van der Waals surface area contributed by atoms with Crippen LogP contribution in [0.5, 0.6) is 0 Å². The maximum Gasteiger partial charge on any atom is 0.317 e. The molecule has 2 aromatic rings. The van der Waals surface area contributed by atoms with Gasteiger partial charge in [-0.15, -0.1) is 0 Å². The highest BCUT2D eigenvalue weighted by atomic mass is 35.5. The largest absolute Gasteiger partial charge is 0.335 e. The number of carbonyl (C=O) groups excluding carboxylic acids is 1. The van der Waals surface area contributed by atoms with Gasteiger partial charge in [-0.05, 0) is 36.1 Å². The van der Waals surface area contributed by atoms with E-state index in [9.17, 15) is 4.79 Å². The third kappa shape index (κ3) is 4.50. The third-order valence-electron chi connectivity index (χ3n) is 5.95. The Hall–Kier alpha value is -2.04. The molecule has 5 heteroatoms. The number of benzene rings is 2. The third-order valence-corrected chi connectivity index (χ3v) is 6.20. The zero-order chi connectivity index (χ0) is 19.3. The Kier molecular flexibility index (Phi) is 6.18. The Balaban J connectivity index is 1.45. The van der Waals surface area contributed by atoms with Crippen molar-refractivity contribution in [2.45, 2.75) is 37.8 Å². The van der Waals surface area contributed by atoms with Crippen molar-refractivity contribution in [3.05, 3.63) is 70.7 Å². The fourth-order valence-corrected chi connectivity index (χ4v) is 4.54. The zero-order valence-corrected chi connectivity index (χ0v) is 16.9. The second-order valence-electron chi connectivity index (χ2n) is 7.82. The molecule has 1 N–H and O–H groups in total. The summed E-state index contributed by atoms with van der Waals surface area (Å²) in [5.41, 5.74) is 2.51. The van der Waals surface area contributed by atoms with E-state index >= 15 is 0 Å². The molecule has 1 saturated heterocycles. The lowest BCUT2D eigenvalue weighted by molar-refractivity contribution is 0.119. The van der Waals surface area contributed by atoms with Crippen LogP contribution < -0.4 is 5.32 Å². The summed E-state index contributed by atoms with van der Waals surface area (Å²) in [4.78, 5) is 17.0. The van der Waals surface area contributed by atoms with E-state index < -0.39 is 0 Å². The highest BCUT2D eigenvalue weighted by molar-refractivity contribution is 6.30. The maximum absolute atomic E-state index is 12.6. The molecule has 0 radical (unpaired) electrons. The summed E-state index contributed by atoms with van der Waals surface area (Å²) < 4.78 is 0. The van der Waals surface area contributed by atoms with Gasteiger partial charge in [-0.3, -0.25) is 4.90 Å². The molecule has 1 atom stereocenters. The highest BCUT2D eigenvalue weighted by Gasteiger charge is 2.29. The van der Waals surface area contributed by atoms with Crippen LogP contribution in [0.25, 0.3) is 0 Å². The summed E-state index contributed by atoms with van der Waals surface area (Å²) in [6, 6.07) is 19.4. The number of carbonyl (C=O) groups is 1. The molecular weight excluding hydrogens is 370 g/mol. The van der Waals surface area contributed by atoms with E-state index in [0.29, 0.717) is 6.04 Å². The van der Waals surface area contributed by atoms with Gasteiger partial charge in [0.25, 0.3) is 0 Å². The number of nitrogens with zero attached hydrogens (tertiary/aromatic N) is 2. The minimum atomic E-state index is 0.106. The molecule has 1 unspecified atom stereocenters. The molecular formula is C23H28ClN3O. The molecule has 2 aliphatic rings. The lowest BCUT2D eigenvalue weighted by Crippen LogP contribution is -2.53. The summed E-state index contributed by atoms with van der Waals surface area (Å²) in [7, 11) is 0. The Morgan fingerprint density at radius 3 is 2.14 bits per heavy atom. The lowest BCUT2D eigenvalue weighted by atomic mass is 9.96. The van der Waals surface area contributed by atoms with E-state index in [0.717, 1.165) is 44.0 Å². The average Bonchev–Trinajstić information content (AvgIpc) is 3.24. The van der Waals surface area contributed by atoms with Crippen molar-refractivity contribution < 1.29 is 4.79 Å². The normalized spacial score (nSPS) is 19.5. The van der Waals surface area contributed by atoms with Crippen LogP contribution in [-0.2, 0) is 0 Å². The number of rotatable bonds is 4. The molecule has 28 heavy (non-hydrogen) atoms. The van der Waals surface area contributed by atoms with Crippen molar-refractivity contribution in [2.24, 2.45) is 0 Å². The van der Waals surface area contributed by atoms with E-state index in [1.165, 1.54) is 24.0 Å².